The lowest BCUT2D eigenvalue weighted by molar-refractivity contribution is 1.28. The fourth-order valence-corrected chi connectivity index (χ4v) is 2.34. The van der Waals surface area contributed by atoms with Gasteiger partial charge in [0.1, 0.15) is 11.8 Å². The molecule has 0 unspecified atom stereocenters. The molecule has 0 saturated heterocycles. The Morgan fingerprint density at radius 1 is 1.33 bits per heavy atom. The van der Waals surface area contributed by atoms with E-state index in [2.05, 4.69) is 20.9 Å². The monoisotopic (exact) mass is 300 g/mol. The topological polar surface area (TPSA) is 36.7 Å². The number of pyridine rings is 1. The van der Waals surface area contributed by atoms with Crippen molar-refractivity contribution in [1.29, 1.82) is 5.26 Å². The summed E-state index contributed by atoms with van der Waals surface area (Å²) in [6.45, 7) is 0. The van der Waals surface area contributed by atoms with E-state index in [9.17, 15) is 0 Å². The number of fused-ring (bicyclic) bond motifs is 1. The Morgan fingerprint density at radius 3 is 2.73 bits per heavy atom. The molecule has 0 fully saturated rings. The lowest BCUT2D eigenvalue weighted by Gasteiger charge is -2.04. The lowest BCUT2D eigenvalue weighted by Crippen LogP contribution is -1.87. The molecule has 0 aliphatic carbocycles. The van der Waals surface area contributed by atoms with Crippen LogP contribution in [0.4, 0.5) is 0 Å². The maximum absolute atomic E-state index is 8.90. The highest BCUT2D eigenvalue weighted by atomic mass is 79.9. The Labute approximate surface area is 105 Å². The Hall–Kier alpha value is -0.820. The molecule has 0 aliphatic rings. The summed E-state index contributed by atoms with van der Waals surface area (Å²) in [5.41, 5.74) is 0.301. The highest BCUT2D eigenvalue weighted by Gasteiger charge is 2.10. The van der Waals surface area contributed by atoms with Gasteiger partial charge in [-0.15, -0.1) is 0 Å². The molecule has 0 saturated carbocycles. The van der Waals surface area contributed by atoms with Crippen LogP contribution in [-0.4, -0.2) is 4.98 Å². The largest absolute Gasteiger partial charge is 0.244 e. The van der Waals surface area contributed by atoms with Crippen molar-refractivity contribution in [1.82, 2.24) is 4.98 Å². The molecular weight excluding hydrogens is 299 g/mol. The van der Waals surface area contributed by atoms with Gasteiger partial charge in [0.25, 0.3) is 0 Å². The van der Waals surface area contributed by atoms with Gasteiger partial charge in [0.2, 0.25) is 0 Å². The molecule has 74 valence electrons. The van der Waals surface area contributed by atoms with E-state index in [1.807, 2.05) is 6.07 Å². The van der Waals surface area contributed by atoms with Gasteiger partial charge in [-0.3, -0.25) is 0 Å². The number of hydrogen-bond acceptors (Lipinski definition) is 2. The van der Waals surface area contributed by atoms with Crippen LogP contribution in [0.25, 0.3) is 10.8 Å². The summed E-state index contributed by atoms with van der Waals surface area (Å²) < 4.78 is 0.765. The van der Waals surface area contributed by atoms with E-state index < -0.39 is 0 Å². The molecule has 2 rings (SSSR count). The smallest absolute Gasteiger partial charge is 0.149 e. The first-order valence-corrected chi connectivity index (χ1v) is 5.51. The van der Waals surface area contributed by atoms with Crippen molar-refractivity contribution in [2.75, 3.05) is 0 Å². The number of nitriles is 1. The fraction of sp³-hybridized carbons (Fsp3) is 0. The highest BCUT2D eigenvalue weighted by Crippen LogP contribution is 2.33. The lowest BCUT2D eigenvalue weighted by atomic mass is 10.1. The Balaban J connectivity index is 3.02. The molecule has 0 aliphatic heterocycles. The van der Waals surface area contributed by atoms with Crippen LogP contribution in [0.15, 0.2) is 22.8 Å². The zero-order valence-electron chi connectivity index (χ0n) is 7.26. The summed E-state index contributed by atoms with van der Waals surface area (Å²) in [7, 11) is 0. The highest BCUT2D eigenvalue weighted by molar-refractivity contribution is 9.10. The first-order valence-electron chi connectivity index (χ1n) is 3.97. The zero-order valence-corrected chi connectivity index (χ0v) is 10.4. The second-order valence-corrected chi connectivity index (χ2v) is 4.57. The van der Waals surface area contributed by atoms with Crippen LogP contribution >= 0.6 is 39.1 Å². The standard InChI is InChI=1S/C10H3BrCl2N2/c11-7-4-15-9(3-14)10-6(7)1-5(12)2-8(10)13/h1-2,4H. The van der Waals surface area contributed by atoms with Crippen LogP contribution in [0.1, 0.15) is 5.69 Å². The minimum atomic E-state index is 0.301. The van der Waals surface area contributed by atoms with E-state index in [0.717, 1.165) is 9.86 Å². The predicted molar refractivity (Wildman–Crippen MR) is 64.2 cm³/mol. The van der Waals surface area contributed by atoms with Crippen molar-refractivity contribution < 1.29 is 0 Å². The molecule has 0 radical (unpaired) electrons. The first-order chi connectivity index (χ1) is 7.13. The van der Waals surface area contributed by atoms with Crippen molar-refractivity contribution in [2.45, 2.75) is 0 Å². The van der Waals surface area contributed by atoms with Gasteiger partial charge in [-0.25, -0.2) is 4.98 Å². The molecular formula is C10H3BrCl2N2. The van der Waals surface area contributed by atoms with Gasteiger partial charge in [0.15, 0.2) is 0 Å². The van der Waals surface area contributed by atoms with Gasteiger partial charge in [-0.2, -0.15) is 5.26 Å². The van der Waals surface area contributed by atoms with Crippen molar-refractivity contribution in [3.05, 3.63) is 38.5 Å². The van der Waals surface area contributed by atoms with E-state index >= 15 is 0 Å². The van der Waals surface area contributed by atoms with E-state index in [-0.39, 0.29) is 0 Å². The number of rotatable bonds is 0. The van der Waals surface area contributed by atoms with Gasteiger partial charge < -0.3 is 0 Å². The molecule has 5 heteroatoms. The van der Waals surface area contributed by atoms with Crippen molar-refractivity contribution in [3.63, 3.8) is 0 Å². The number of aromatic nitrogens is 1. The van der Waals surface area contributed by atoms with Gasteiger partial charge in [-0.1, -0.05) is 23.2 Å². The number of halogens is 3. The van der Waals surface area contributed by atoms with Crippen LogP contribution in [0.5, 0.6) is 0 Å². The molecule has 0 atom stereocenters. The van der Waals surface area contributed by atoms with Gasteiger partial charge >= 0.3 is 0 Å². The van der Waals surface area contributed by atoms with Crippen molar-refractivity contribution in [3.8, 4) is 6.07 Å². The Kier molecular flexibility index (Phi) is 2.83. The SMILES string of the molecule is N#Cc1ncc(Br)c2cc(Cl)cc(Cl)c12. The third-order valence-electron chi connectivity index (χ3n) is 1.96. The molecule has 2 nitrogen and oxygen atoms in total. The van der Waals surface area contributed by atoms with Crippen LogP contribution in [0.3, 0.4) is 0 Å². The quantitative estimate of drug-likeness (QED) is 0.732. The maximum Gasteiger partial charge on any atom is 0.149 e. The summed E-state index contributed by atoms with van der Waals surface area (Å²) in [5.74, 6) is 0. The van der Waals surface area contributed by atoms with Crippen molar-refractivity contribution >= 4 is 49.9 Å². The van der Waals surface area contributed by atoms with E-state index in [0.29, 0.717) is 21.1 Å². The van der Waals surface area contributed by atoms with Gasteiger partial charge in [0.05, 0.1) is 5.02 Å². The van der Waals surface area contributed by atoms with E-state index in [1.165, 1.54) is 0 Å². The maximum atomic E-state index is 8.90. The minimum absolute atomic E-state index is 0.301. The summed E-state index contributed by atoms with van der Waals surface area (Å²) in [4.78, 5) is 3.98. The average molecular weight is 302 g/mol. The van der Waals surface area contributed by atoms with Crippen LogP contribution in [0.2, 0.25) is 10.0 Å². The molecule has 1 heterocycles. The number of benzene rings is 1. The third kappa shape index (κ3) is 1.81. The van der Waals surface area contributed by atoms with Crippen LogP contribution < -0.4 is 0 Å². The molecule has 0 N–H and O–H groups in total. The Morgan fingerprint density at radius 2 is 2.07 bits per heavy atom. The Bertz CT molecular complexity index is 590. The van der Waals surface area contributed by atoms with Crippen LogP contribution in [0, 0.1) is 11.3 Å². The minimum Gasteiger partial charge on any atom is -0.244 e. The van der Waals surface area contributed by atoms with Gasteiger partial charge in [-0.05, 0) is 28.1 Å². The first kappa shape index (κ1) is 10.7. The molecule has 1 aromatic heterocycles. The normalized spacial score (nSPS) is 10.3. The second-order valence-electron chi connectivity index (χ2n) is 2.88. The summed E-state index contributed by atoms with van der Waals surface area (Å²) in [5, 5.41) is 11.3. The molecule has 2 aromatic rings. The predicted octanol–water partition coefficient (Wildman–Crippen LogP) is 4.18. The molecule has 0 bridgehead atoms. The molecule has 0 amide bonds. The zero-order chi connectivity index (χ0) is 11.0. The fourth-order valence-electron chi connectivity index (χ4n) is 1.34. The van der Waals surface area contributed by atoms with Gasteiger partial charge in [0, 0.05) is 26.5 Å². The average Bonchev–Trinajstić information content (AvgIpc) is 2.19. The van der Waals surface area contributed by atoms with Crippen molar-refractivity contribution in [2.24, 2.45) is 0 Å². The molecule has 15 heavy (non-hydrogen) atoms. The molecule has 1 aromatic carbocycles. The third-order valence-corrected chi connectivity index (χ3v) is 3.11. The number of hydrogen-bond donors (Lipinski definition) is 0. The second kappa shape index (κ2) is 3.97. The van der Waals surface area contributed by atoms with E-state index in [1.54, 1.807) is 18.3 Å². The van der Waals surface area contributed by atoms with Crippen LogP contribution in [-0.2, 0) is 0 Å². The van der Waals surface area contributed by atoms with E-state index in [4.69, 9.17) is 28.5 Å². The number of nitrogens with zero attached hydrogens (tertiary/aromatic N) is 2. The molecule has 0 spiro atoms. The summed E-state index contributed by atoms with van der Waals surface area (Å²) in [6, 6.07) is 5.34. The summed E-state index contributed by atoms with van der Waals surface area (Å²) >= 11 is 15.2. The summed E-state index contributed by atoms with van der Waals surface area (Å²) in [6.07, 6.45) is 1.56.